The highest BCUT2D eigenvalue weighted by Crippen LogP contribution is 2.33. The molecule has 0 amide bonds. The molecule has 0 aromatic carbocycles. The summed E-state index contributed by atoms with van der Waals surface area (Å²) in [6, 6.07) is 4.11. The molecule has 1 unspecified atom stereocenters. The van der Waals surface area contributed by atoms with E-state index in [1.807, 2.05) is 16.7 Å². The van der Waals surface area contributed by atoms with Crippen LogP contribution in [-0.4, -0.2) is 14.5 Å². The van der Waals surface area contributed by atoms with Gasteiger partial charge in [0.05, 0.1) is 29.8 Å². The first-order valence-electron chi connectivity index (χ1n) is 7.04. The van der Waals surface area contributed by atoms with E-state index in [4.69, 9.17) is 0 Å². The summed E-state index contributed by atoms with van der Waals surface area (Å²) < 4.78 is 3.14. The monoisotopic (exact) mass is 370 g/mol. The molecule has 1 aliphatic carbocycles. The Morgan fingerprint density at radius 3 is 2.89 bits per heavy atom. The van der Waals surface area contributed by atoms with Crippen molar-refractivity contribution >= 4 is 28.1 Å². The van der Waals surface area contributed by atoms with E-state index in [0.717, 1.165) is 21.2 Å². The van der Waals surface area contributed by atoms with E-state index in [2.05, 4.69) is 33.6 Å². The molecule has 0 saturated heterocycles. The van der Waals surface area contributed by atoms with Gasteiger partial charge in [0.1, 0.15) is 0 Å². The van der Waals surface area contributed by atoms with Crippen molar-refractivity contribution in [2.24, 2.45) is 5.92 Å². The van der Waals surface area contributed by atoms with Crippen LogP contribution in [0.4, 0.5) is 0 Å². The molecule has 1 saturated carbocycles. The van der Waals surface area contributed by atoms with E-state index in [1.165, 1.54) is 32.1 Å². The van der Waals surface area contributed by atoms with E-state index in [0.29, 0.717) is 5.92 Å². The third-order valence-corrected chi connectivity index (χ3v) is 5.08. The van der Waals surface area contributed by atoms with Crippen molar-refractivity contribution < 1.29 is 5.11 Å². The lowest BCUT2D eigenvalue weighted by Gasteiger charge is -2.25. The van der Waals surface area contributed by atoms with Gasteiger partial charge in [-0.1, -0.05) is 32.1 Å². The van der Waals surface area contributed by atoms with E-state index in [1.54, 1.807) is 6.33 Å². The van der Waals surface area contributed by atoms with Crippen molar-refractivity contribution in [2.45, 2.75) is 44.6 Å². The molecule has 4 heteroatoms. The first kappa shape index (κ1) is 13.4. The quantitative estimate of drug-likeness (QED) is 0.831. The molecule has 0 bridgehead atoms. The largest absolute Gasteiger partial charge is 0.387 e. The van der Waals surface area contributed by atoms with Crippen LogP contribution in [0.2, 0.25) is 0 Å². The predicted molar refractivity (Wildman–Crippen MR) is 84.1 cm³/mol. The van der Waals surface area contributed by atoms with Crippen LogP contribution in [0.5, 0.6) is 0 Å². The number of aromatic nitrogens is 2. The Morgan fingerprint density at radius 1 is 1.32 bits per heavy atom. The maximum Gasteiger partial charge on any atom is 0.0995 e. The number of nitrogens with zero attached hydrogens (tertiary/aromatic N) is 2. The molecule has 0 aliphatic heterocycles. The van der Waals surface area contributed by atoms with Crippen molar-refractivity contribution in [1.29, 1.82) is 0 Å². The van der Waals surface area contributed by atoms with E-state index < -0.39 is 0 Å². The summed E-state index contributed by atoms with van der Waals surface area (Å²) in [5.41, 5.74) is 2.05. The van der Waals surface area contributed by atoms with Gasteiger partial charge in [0.25, 0.3) is 0 Å². The van der Waals surface area contributed by atoms with Crippen molar-refractivity contribution in [1.82, 2.24) is 9.38 Å². The number of halogens is 1. The van der Waals surface area contributed by atoms with Crippen LogP contribution in [0.3, 0.4) is 0 Å². The van der Waals surface area contributed by atoms with Gasteiger partial charge in [-0.2, -0.15) is 0 Å². The molecule has 102 valence electrons. The summed E-state index contributed by atoms with van der Waals surface area (Å²) in [5, 5.41) is 10.6. The minimum Gasteiger partial charge on any atom is -0.387 e. The Kier molecular flexibility index (Phi) is 4.07. The third kappa shape index (κ3) is 2.79. The van der Waals surface area contributed by atoms with Gasteiger partial charge >= 0.3 is 0 Å². The van der Waals surface area contributed by atoms with Gasteiger partial charge in [-0.15, -0.1) is 0 Å². The normalized spacial score (nSPS) is 18.8. The van der Waals surface area contributed by atoms with E-state index >= 15 is 0 Å². The molecular weight excluding hydrogens is 351 g/mol. The zero-order valence-electron chi connectivity index (χ0n) is 10.9. The Morgan fingerprint density at radius 2 is 2.11 bits per heavy atom. The average Bonchev–Trinajstić information content (AvgIpc) is 2.87. The highest BCUT2D eigenvalue weighted by Gasteiger charge is 2.21. The Bertz CT molecular complexity index is 560. The van der Waals surface area contributed by atoms with Gasteiger partial charge in [-0.25, -0.2) is 4.98 Å². The van der Waals surface area contributed by atoms with E-state index in [9.17, 15) is 5.11 Å². The lowest BCUT2D eigenvalue weighted by molar-refractivity contribution is 0.125. The number of aliphatic hydroxyl groups is 1. The van der Waals surface area contributed by atoms with Crippen LogP contribution in [0, 0.1) is 9.49 Å². The van der Waals surface area contributed by atoms with Gasteiger partial charge < -0.3 is 5.11 Å². The van der Waals surface area contributed by atoms with Crippen molar-refractivity contribution in [2.75, 3.05) is 0 Å². The molecule has 3 nitrogen and oxygen atoms in total. The average molecular weight is 370 g/mol. The van der Waals surface area contributed by atoms with E-state index in [-0.39, 0.29) is 6.10 Å². The maximum atomic E-state index is 10.6. The molecular formula is C15H19IN2O. The molecule has 1 aliphatic rings. The molecule has 2 heterocycles. The number of rotatable bonds is 3. The fourth-order valence-electron chi connectivity index (χ4n) is 3.16. The van der Waals surface area contributed by atoms with Crippen molar-refractivity contribution in [3.8, 4) is 0 Å². The second-order valence-corrected chi connectivity index (χ2v) is 6.67. The van der Waals surface area contributed by atoms with Gasteiger partial charge in [-0.3, -0.25) is 4.40 Å². The molecule has 19 heavy (non-hydrogen) atoms. The molecule has 1 atom stereocenters. The van der Waals surface area contributed by atoms with Crippen molar-refractivity contribution in [3.63, 3.8) is 0 Å². The molecule has 0 radical (unpaired) electrons. The molecule has 3 rings (SSSR count). The number of pyridine rings is 1. The summed E-state index contributed by atoms with van der Waals surface area (Å²) in [4.78, 5) is 4.18. The highest BCUT2D eigenvalue weighted by molar-refractivity contribution is 14.1. The number of hydrogen-bond acceptors (Lipinski definition) is 2. The van der Waals surface area contributed by atoms with Crippen LogP contribution < -0.4 is 0 Å². The van der Waals surface area contributed by atoms with Gasteiger partial charge in [0.2, 0.25) is 0 Å². The SMILES string of the molecule is OC(CC1CCCCC1)c1c(I)ccc2cncn12. The number of imidazole rings is 1. The lowest BCUT2D eigenvalue weighted by Crippen LogP contribution is -2.14. The topological polar surface area (TPSA) is 37.5 Å². The zero-order chi connectivity index (χ0) is 13.2. The summed E-state index contributed by atoms with van der Waals surface area (Å²) >= 11 is 2.31. The van der Waals surface area contributed by atoms with Crippen LogP contribution in [0.25, 0.3) is 5.52 Å². The van der Waals surface area contributed by atoms with Crippen LogP contribution in [0.15, 0.2) is 24.7 Å². The van der Waals surface area contributed by atoms with Crippen molar-refractivity contribution in [3.05, 3.63) is 33.9 Å². The molecule has 2 aromatic heterocycles. The predicted octanol–water partition coefficient (Wildman–Crippen LogP) is 3.94. The molecule has 1 N–H and O–H groups in total. The second kappa shape index (κ2) is 5.79. The standard InChI is InChI=1S/C15H19IN2O/c16-13-7-6-12-9-17-10-18(12)15(13)14(19)8-11-4-2-1-3-5-11/h6-7,9-11,14,19H,1-5,8H2. The van der Waals surface area contributed by atoms with Gasteiger partial charge in [0, 0.05) is 3.57 Å². The van der Waals surface area contributed by atoms with Crippen LogP contribution in [0.1, 0.15) is 50.3 Å². The minimum absolute atomic E-state index is 0.382. The zero-order valence-corrected chi connectivity index (χ0v) is 13.1. The first-order valence-corrected chi connectivity index (χ1v) is 8.12. The van der Waals surface area contributed by atoms with Gasteiger partial charge in [0.15, 0.2) is 0 Å². The second-order valence-electron chi connectivity index (χ2n) is 5.51. The fourth-order valence-corrected chi connectivity index (χ4v) is 3.96. The molecule has 1 fully saturated rings. The number of aliphatic hydroxyl groups excluding tert-OH is 1. The Hall–Kier alpha value is -0.620. The summed E-state index contributed by atoms with van der Waals surface area (Å²) in [5.74, 6) is 0.679. The Balaban J connectivity index is 1.85. The third-order valence-electron chi connectivity index (χ3n) is 4.17. The minimum atomic E-state index is -0.382. The molecule has 0 spiro atoms. The Labute approximate surface area is 127 Å². The summed E-state index contributed by atoms with van der Waals surface area (Å²) in [7, 11) is 0. The van der Waals surface area contributed by atoms with Gasteiger partial charge in [-0.05, 0) is 47.1 Å². The smallest absolute Gasteiger partial charge is 0.0995 e. The summed E-state index contributed by atoms with van der Waals surface area (Å²) in [6.45, 7) is 0. The highest BCUT2D eigenvalue weighted by atomic mass is 127. The lowest BCUT2D eigenvalue weighted by atomic mass is 9.85. The maximum absolute atomic E-state index is 10.6. The first-order chi connectivity index (χ1) is 9.25. The number of hydrogen-bond donors (Lipinski definition) is 1. The summed E-state index contributed by atoms with van der Waals surface area (Å²) in [6.07, 6.45) is 10.7. The number of fused-ring (bicyclic) bond motifs is 1. The van der Waals surface area contributed by atoms with Crippen LogP contribution >= 0.6 is 22.6 Å². The van der Waals surface area contributed by atoms with Crippen LogP contribution in [-0.2, 0) is 0 Å². The molecule has 2 aromatic rings. The fraction of sp³-hybridized carbons (Fsp3) is 0.533.